The second-order valence-electron chi connectivity index (χ2n) is 11.9. The van der Waals surface area contributed by atoms with E-state index in [1.165, 1.54) is 0 Å². The molecule has 0 saturated heterocycles. The molecule has 0 aromatic heterocycles. The van der Waals surface area contributed by atoms with Gasteiger partial charge < -0.3 is 23.7 Å². The molecule has 3 aromatic carbocycles. The van der Waals surface area contributed by atoms with Crippen LogP contribution in [0.15, 0.2) is 66.7 Å². The first kappa shape index (κ1) is 31.8. The molecule has 7 nitrogen and oxygen atoms in total. The number of esters is 1. The van der Waals surface area contributed by atoms with Crippen molar-refractivity contribution >= 4 is 11.8 Å². The zero-order valence-electron chi connectivity index (χ0n) is 25.4. The molecule has 0 spiro atoms. The smallest absolute Gasteiger partial charge is 0.380 e. The van der Waals surface area contributed by atoms with Gasteiger partial charge in [-0.3, -0.25) is 4.79 Å². The molecule has 0 heterocycles. The third kappa shape index (κ3) is 8.90. The number of rotatable bonds is 12. The van der Waals surface area contributed by atoms with Gasteiger partial charge in [-0.05, 0) is 46.2 Å². The summed E-state index contributed by atoms with van der Waals surface area (Å²) in [5.74, 6) is 0.0668. The third-order valence-electron chi connectivity index (χ3n) is 6.66. The van der Waals surface area contributed by atoms with Crippen LogP contribution in [0.25, 0.3) is 0 Å². The quantitative estimate of drug-likeness (QED) is 0.0766. The second kappa shape index (κ2) is 13.8. The van der Waals surface area contributed by atoms with Crippen LogP contribution in [0.4, 0.5) is 0 Å². The van der Waals surface area contributed by atoms with Gasteiger partial charge in [0.25, 0.3) is 0 Å². The van der Waals surface area contributed by atoms with Crippen molar-refractivity contribution in [1.29, 1.82) is 0 Å². The zero-order chi connectivity index (χ0) is 30.2. The minimum absolute atomic E-state index is 0.0608. The summed E-state index contributed by atoms with van der Waals surface area (Å²) in [6.07, 6.45) is -0.942. The summed E-state index contributed by atoms with van der Waals surface area (Å²) in [6, 6.07) is 20.6. The molecule has 1 atom stereocenters. The van der Waals surface area contributed by atoms with E-state index in [0.29, 0.717) is 29.4 Å². The van der Waals surface area contributed by atoms with Gasteiger partial charge in [-0.15, -0.1) is 0 Å². The monoisotopic (exact) mass is 562 g/mol. The molecule has 0 amide bonds. The maximum absolute atomic E-state index is 13.3. The van der Waals surface area contributed by atoms with E-state index < -0.39 is 17.9 Å². The molecule has 41 heavy (non-hydrogen) atoms. The van der Waals surface area contributed by atoms with Crippen molar-refractivity contribution in [2.45, 2.75) is 71.5 Å². The lowest BCUT2D eigenvalue weighted by Gasteiger charge is -2.29. The number of methoxy groups -OCH3 is 2. The van der Waals surface area contributed by atoms with Gasteiger partial charge in [0.05, 0.1) is 26.9 Å². The average Bonchev–Trinajstić information content (AvgIpc) is 2.94. The van der Waals surface area contributed by atoms with Crippen LogP contribution in [0.2, 0.25) is 0 Å². The van der Waals surface area contributed by atoms with Gasteiger partial charge >= 0.3 is 5.97 Å². The maximum atomic E-state index is 13.3. The van der Waals surface area contributed by atoms with Gasteiger partial charge in [-0.25, -0.2) is 4.79 Å². The predicted octanol–water partition coefficient (Wildman–Crippen LogP) is 7.10. The predicted molar refractivity (Wildman–Crippen MR) is 159 cm³/mol. The summed E-state index contributed by atoms with van der Waals surface area (Å²) < 4.78 is 28.4. The molecule has 0 aliphatic carbocycles. The van der Waals surface area contributed by atoms with E-state index >= 15 is 0 Å². The normalized spacial score (nSPS) is 12.5. The van der Waals surface area contributed by atoms with Crippen molar-refractivity contribution < 1.29 is 33.3 Å². The topological polar surface area (TPSA) is 80.3 Å². The van der Waals surface area contributed by atoms with E-state index in [1.54, 1.807) is 38.5 Å². The minimum Gasteiger partial charge on any atom is -0.497 e. The number of ketones is 1. The Kier molecular flexibility index (Phi) is 10.7. The van der Waals surface area contributed by atoms with Gasteiger partial charge in [0.2, 0.25) is 5.78 Å². The molecule has 3 aromatic rings. The summed E-state index contributed by atoms with van der Waals surface area (Å²) in [6.45, 7) is 12.4. The lowest BCUT2D eigenvalue weighted by atomic mass is 9.79. The molecule has 0 aliphatic rings. The molecular weight excluding hydrogens is 520 g/mol. The lowest BCUT2D eigenvalue weighted by Crippen LogP contribution is -2.27. The van der Waals surface area contributed by atoms with Gasteiger partial charge in [-0.1, -0.05) is 84.0 Å². The fraction of sp³-hybridized carbons (Fsp3) is 0.412. The molecule has 0 radical (unpaired) electrons. The first-order chi connectivity index (χ1) is 19.3. The fourth-order valence-corrected chi connectivity index (χ4v) is 4.30. The molecule has 220 valence electrons. The first-order valence-electron chi connectivity index (χ1n) is 13.7. The van der Waals surface area contributed by atoms with Crippen LogP contribution < -0.4 is 14.2 Å². The number of carbonyl (C=O) groups is 2. The summed E-state index contributed by atoms with van der Waals surface area (Å²) in [5, 5.41) is 0. The summed E-state index contributed by atoms with van der Waals surface area (Å²) in [7, 11) is 3.18. The Morgan fingerprint density at radius 1 is 0.756 bits per heavy atom. The third-order valence-corrected chi connectivity index (χ3v) is 6.66. The Bertz CT molecular complexity index is 1260. The number of hydrogen-bond donors (Lipinski definition) is 0. The molecule has 0 unspecified atom stereocenters. The Morgan fingerprint density at radius 3 is 1.83 bits per heavy atom. The van der Waals surface area contributed by atoms with Crippen LogP contribution >= 0.6 is 0 Å². The van der Waals surface area contributed by atoms with Crippen LogP contribution in [0.5, 0.6) is 17.2 Å². The minimum atomic E-state index is -0.946. The Morgan fingerprint density at radius 2 is 1.32 bits per heavy atom. The number of hydrogen-bond acceptors (Lipinski definition) is 7. The molecule has 3 rings (SSSR count). The molecule has 0 fully saturated rings. The lowest BCUT2D eigenvalue weighted by molar-refractivity contribution is -0.150. The molecule has 0 bridgehead atoms. The van der Waals surface area contributed by atoms with E-state index in [1.807, 2.05) is 84.0 Å². The van der Waals surface area contributed by atoms with Gasteiger partial charge in [0.15, 0.2) is 0 Å². The summed E-state index contributed by atoms with van der Waals surface area (Å²) in [5.41, 5.74) is 2.52. The molecular formula is C34H42O7. The molecule has 0 N–H and O–H groups in total. The van der Waals surface area contributed by atoms with Crippen LogP contribution in [-0.4, -0.2) is 32.8 Å². The van der Waals surface area contributed by atoms with E-state index in [-0.39, 0.29) is 24.0 Å². The van der Waals surface area contributed by atoms with Crippen molar-refractivity contribution in [2.75, 3.05) is 21.0 Å². The van der Waals surface area contributed by atoms with Crippen LogP contribution in [-0.2, 0) is 36.5 Å². The standard InChI is InChI=1S/C34H42O7/c1-33(2,3)27-18-26(38-8)19-28(34(4,5)6)31(27)41-32(36)29(35)20-30(24-14-16-25(37-7)17-15-24)40-22-39-21-23-12-10-9-11-13-23/h9-19,30H,20-22H2,1-8H3/t30-/m0/s1. The highest BCUT2D eigenvalue weighted by Gasteiger charge is 2.32. The number of ether oxygens (including phenoxy) is 5. The molecule has 0 saturated carbocycles. The van der Waals surface area contributed by atoms with E-state index in [2.05, 4.69) is 0 Å². The number of benzene rings is 3. The van der Waals surface area contributed by atoms with Crippen molar-refractivity contribution in [3.63, 3.8) is 0 Å². The number of carbonyl (C=O) groups excluding carboxylic acids is 2. The maximum Gasteiger partial charge on any atom is 0.380 e. The van der Waals surface area contributed by atoms with E-state index in [9.17, 15) is 9.59 Å². The highest BCUT2D eigenvalue weighted by Crippen LogP contribution is 2.42. The van der Waals surface area contributed by atoms with Crippen LogP contribution in [0.3, 0.4) is 0 Å². The largest absolute Gasteiger partial charge is 0.497 e. The van der Waals surface area contributed by atoms with E-state index in [0.717, 1.165) is 16.7 Å². The second-order valence-corrected chi connectivity index (χ2v) is 11.9. The number of Topliss-reactive ketones (excluding diaryl/α,β-unsaturated/α-hetero) is 1. The van der Waals surface area contributed by atoms with Gasteiger partial charge in [-0.2, -0.15) is 0 Å². The summed E-state index contributed by atoms with van der Waals surface area (Å²) in [4.78, 5) is 26.6. The highest BCUT2D eigenvalue weighted by atomic mass is 16.7. The van der Waals surface area contributed by atoms with Crippen molar-refractivity contribution in [2.24, 2.45) is 0 Å². The van der Waals surface area contributed by atoms with E-state index in [4.69, 9.17) is 23.7 Å². The zero-order valence-corrected chi connectivity index (χ0v) is 25.4. The van der Waals surface area contributed by atoms with Gasteiger partial charge in [0, 0.05) is 17.5 Å². The van der Waals surface area contributed by atoms with Gasteiger partial charge in [0.1, 0.15) is 24.0 Å². The summed E-state index contributed by atoms with van der Waals surface area (Å²) >= 11 is 0. The van der Waals surface area contributed by atoms with Crippen molar-refractivity contribution in [3.8, 4) is 17.2 Å². The Hall–Kier alpha value is -3.68. The fourth-order valence-electron chi connectivity index (χ4n) is 4.30. The van der Waals surface area contributed by atoms with Crippen LogP contribution in [0.1, 0.15) is 76.3 Å². The Balaban J connectivity index is 1.82. The average molecular weight is 563 g/mol. The van der Waals surface area contributed by atoms with Crippen molar-refractivity contribution in [3.05, 3.63) is 89.0 Å². The SMILES string of the molecule is COc1ccc([C@H](CC(=O)C(=O)Oc2c(C(C)(C)C)cc(OC)cc2C(C)(C)C)OCOCc2ccccc2)cc1. The first-order valence-corrected chi connectivity index (χ1v) is 13.7. The van der Waals surface area contributed by atoms with Crippen molar-refractivity contribution in [1.82, 2.24) is 0 Å². The Labute approximate surface area is 243 Å². The molecule has 0 aliphatic heterocycles. The highest BCUT2D eigenvalue weighted by molar-refractivity contribution is 6.34. The van der Waals surface area contributed by atoms with Crippen LogP contribution in [0, 0.1) is 0 Å². The molecule has 7 heteroatoms.